The summed E-state index contributed by atoms with van der Waals surface area (Å²) in [5.74, 6) is 1.02. The molecule has 0 saturated heterocycles. The van der Waals surface area contributed by atoms with Crippen molar-refractivity contribution in [3.05, 3.63) is 88.7 Å². The predicted octanol–water partition coefficient (Wildman–Crippen LogP) is 5.50. The highest BCUT2D eigenvalue weighted by molar-refractivity contribution is 7.52. The number of para-hydroxylation sites is 2. The van der Waals surface area contributed by atoms with Crippen LogP contribution in [0.25, 0.3) is 0 Å². The van der Waals surface area contributed by atoms with E-state index in [1.165, 1.54) is 6.21 Å². The fourth-order valence-corrected chi connectivity index (χ4v) is 4.18. The molecule has 0 unspecified atom stereocenters. The van der Waals surface area contributed by atoms with E-state index in [1.54, 1.807) is 24.5 Å². The Morgan fingerprint density at radius 3 is 1.72 bits per heavy atom. The maximum Gasteiger partial charge on any atom is 0.557 e. The van der Waals surface area contributed by atoms with Crippen LogP contribution in [0.3, 0.4) is 0 Å². The molecule has 1 heterocycles. The van der Waals surface area contributed by atoms with Crippen LogP contribution in [0.1, 0.15) is 27.8 Å². The molecule has 29 heavy (non-hydrogen) atoms. The van der Waals surface area contributed by atoms with Crippen molar-refractivity contribution >= 4 is 14.0 Å². The number of aryl methyl sites for hydroxylation is 4. The minimum atomic E-state index is -3.87. The number of hydrogen-bond donors (Lipinski definition) is 1. The van der Waals surface area contributed by atoms with Crippen LogP contribution in [0.15, 0.2) is 66.0 Å². The van der Waals surface area contributed by atoms with Crippen molar-refractivity contribution in [3.8, 4) is 11.5 Å². The summed E-state index contributed by atoms with van der Waals surface area (Å²) in [6, 6.07) is 15.0. The van der Waals surface area contributed by atoms with Crippen molar-refractivity contribution in [2.45, 2.75) is 27.7 Å². The summed E-state index contributed by atoms with van der Waals surface area (Å²) in [5.41, 5.74) is 4.23. The lowest BCUT2D eigenvalue weighted by molar-refractivity contribution is 0.368. The van der Waals surface area contributed by atoms with E-state index in [2.05, 4.69) is 15.3 Å². The monoisotopic (exact) mass is 409 g/mol. The van der Waals surface area contributed by atoms with E-state index in [-0.39, 0.29) is 0 Å². The molecule has 3 aromatic rings. The Morgan fingerprint density at radius 2 is 1.28 bits per heavy atom. The van der Waals surface area contributed by atoms with Gasteiger partial charge in [0.1, 0.15) is 11.5 Å². The van der Waals surface area contributed by atoms with Gasteiger partial charge in [-0.3, -0.25) is 4.98 Å². The highest BCUT2D eigenvalue weighted by atomic mass is 31.2. The number of nitrogens with one attached hydrogen (secondary N) is 1. The smallest absolute Gasteiger partial charge is 0.399 e. The highest BCUT2D eigenvalue weighted by Gasteiger charge is 2.31. The van der Waals surface area contributed by atoms with E-state index in [9.17, 15) is 4.57 Å². The van der Waals surface area contributed by atoms with Crippen LogP contribution in [0, 0.1) is 27.7 Å². The quantitative estimate of drug-likeness (QED) is 0.317. The van der Waals surface area contributed by atoms with Gasteiger partial charge >= 0.3 is 7.75 Å². The first-order valence-corrected chi connectivity index (χ1v) is 10.7. The van der Waals surface area contributed by atoms with Crippen molar-refractivity contribution in [2.75, 3.05) is 0 Å². The van der Waals surface area contributed by atoms with Crippen LogP contribution >= 0.6 is 7.75 Å². The van der Waals surface area contributed by atoms with Crippen molar-refractivity contribution < 1.29 is 13.6 Å². The molecular formula is C22H24N3O3P. The summed E-state index contributed by atoms with van der Waals surface area (Å²) in [5, 5.41) is 6.72. The lowest BCUT2D eigenvalue weighted by Gasteiger charge is -2.22. The van der Waals surface area contributed by atoms with Gasteiger partial charge in [-0.2, -0.15) is 10.3 Å². The topological polar surface area (TPSA) is 72.8 Å². The normalized spacial score (nSPS) is 11.4. The SMILES string of the molecule is Cc1cccc(C)c1OP(=O)(N/N=C/c1ccncc1)Oc1c(C)cccc1C. The summed E-state index contributed by atoms with van der Waals surface area (Å²) >= 11 is 0. The van der Waals surface area contributed by atoms with Crippen LogP contribution in [0.4, 0.5) is 0 Å². The van der Waals surface area contributed by atoms with Gasteiger partial charge in [0.05, 0.1) is 6.21 Å². The third kappa shape index (κ3) is 5.24. The number of hydrogen-bond acceptors (Lipinski definition) is 5. The van der Waals surface area contributed by atoms with Gasteiger partial charge in [0.2, 0.25) is 0 Å². The van der Waals surface area contributed by atoms with Gasteiger partial charge in [0, 0.05) is 12.4 Å². The fourth-order valence-electron chi connectivity index (χ4n) is 2.81. The molecule has 3 rings (SSSR count). The molecule has 0 aliphatic carbocycles. The number of nitrogens with zero attached hydrogens (tertiary/aromatic N) is 2. The Labute approximate surface area is 171 Å². The summed E-state index contributed by atoms with van der Waals surface area (Å²) in [4.78, 5) is 3.97. The van der Waals surface area contributed by atoms with Gasteiger partial charge in [-0.25, -0.2) is 4.57 Å². The van der Waals surface area contributed by atoms with E-state index < -0.39 is 7.75 Å². The van der Waals surface area contributed by atoms with Gasteiger partial charge in [-0.1, -0.05) is 36.4 Å². The highest BCUT2D eigenvalue weighted by Crippen LogP contribution is 2.48. The van der Waals surface area contributed by atoms with Crippen LogP contribution in [0.2, 0.25) is 0 Å². The van der Waals surface area contributed by atoms with Gasteiger partial charge in [-0.15, -0.1) is 0 Å². The number of rotatable bonds is 7. The Bertz CT molecular complexity index is 970. The Kier molecular flexibility index (Phi) is 6.35. The zero-order valence-corrected chi connectivity index (χ0v) is 17.8. The first kappa shape index (κ1) is 20.6. The predicted molar refractivity (Wildman–Crippen MR) is 116 cm³/mol. The van der Waals surface area contributed by atoms with Gasteiger partial charge < -0.3 is 9.05 Å². The van der Waals surface area contributed by atoms with Crippen molar-refractivity contribution in [1.29, 1.82) is 0 Å². The van der Waals surface area contributed by atoms with E-state index in [4.69, 9.17) is 9.05 Å². The van der Waals surface area contributed by atoms with E-state index in [0.29, 0.717) is 11.5 Å². The molecule has 0 spiro atoms. The number of aromatic nitrogens is 1. The third-order valence-electron chi connectivity index (χ3n) is 4.34. The molecule has 0 aliphatic rings. The maximum absolute atomic E-state index is 13.7. The fraction of sp³-hybridized carbons (Fsp3) is 0.182. The molecule has 0 aliphatic heterocycles. The molecule has 0 saturated carbocycles. The second kappa shape index (κ2) is 8.93. The molecule has 0 fully saturated rings. The Morgan fingerprint density at radius 1 is 0.828 bits per heavy atom. The summed E-state index contributed by atoms with van der Waals surface area (Å²) < 4.78 is 25.5. The van der Waals surface area contributed by atoms with Crippen molar-refractivity contribution in [1.82, 2.24) is 10.2 Å². The molecule has 7 heteroatoms. The first-order valence-electron chi connectivity index (χ1n) is 9.20. The molecule has 1 N–H and O–H groups in total. The summed E-state index contributed by atoms with van der Waals surface area (Å²) in [7, 11) is -3.87. The Hall–Kier alpha value is -3.11. The number of hydrazone groups is 1. The number of pyridine rings is 1. The molecular weight excluding hydrogens is 385 g/mol. The largest absolute Gasteiger partial charge is 0.557 e. The zero-order chi connectivity index (χ0) is 20.9. The van der Waals surface area contributed by atoms with Crippen molar-refractivity contribution in [2.24, 2.45) is 5.10 Å². The van der Waals surface area contributed by atoms with Gasteiger partial charge in [-0.05, 0) is 67.6 Å². The van der Waals surface area contributed by atoms with Crippen LogP contribution in [0.5, 0.6) is 11.5 Å². The molecule has 150 valence electrons. The molecule has 0 bridgehead atoms. The second-order valence-electron chi connectivity index (χ2n) is 6.76. The molecule has 6 nitrogen and oxygen atoms in total. The summed E-state index contributed by atoms with van der Waals surface area (Å²) in [6.07, 6.45) is 4.85. The number of benzene rings is 2. The molecule has 2 aromatic carbocycles. The van der Waals surface area contributed by atoms with E-state index in [0.717, 1.165) is 27.8 Å². The van der Waals surface area contributed by atoms with Crippen LogP contribution in [-0.2, 0) is 4.57 Å². The minimum absolute atomic E-state index is 0.508. The molecule has 0 amide bonds. The minimum Gasteiger partial charge on any atom is -0.399 e. The van der Waals surface area contributed by atoms with Crippen LogP contribution < -0.4 is 14.2 Å². The van der Waals surface area contributed by atoms with Crippen molar-refractivity contribution in [3.63, 3.8) is 0 Å². The lowest BCUT2D eigenvalue weighted by atomic mass is 10.1. The second-order valence-corrected chi connectivity index (χ2v) is 8.32. The average molecular weight is 409 g/mol. The zero-order valence-electron chi connectivity index (χ0n) is 16.9. The van der Waals surface area contributed by atoms with E-state index >= 15 is 0 Å². The first-order chi connectivity index (χ1) is 13.9. The Balaban J connectivity index is 1.94. The van der Waals surface area contributed by atoms with Crippen LogP contribution in [-0.4, -0.2) is 11.2 Å². The maximum atomic E-state index is 13.7. The van der Waals surface area contributed by atoms with E-state index in [1.807, 2.05) is 64.1 Å². The summed E-state index contributed by atoms with van der Waals surface area (Å²) in [6.45, 7) is 7.58. The van der Waals surface area contributed by atoms with Gasteiger partial charge in [0.15, 0.2) is 0 Å². The third-order valence-corrected chi connectivity index (χ3v) is 5.55. The van der Waals surface area contributed by atoms with Gasteiger partial charge in [0.25, 0.3) is 0 Å². The molecule has 0 radical (unpaired) electrons. The molecule has 1 aromatic heterocycles. The standard InChI is InChI=1S/C22H24N3O3P/c1-16-7-5-8-17(2)21(16)27-29(26,25-24-15-20-11-13-23-14-12-20)28-22-18(3)9-6-10-19(22)4/h5-15H,1-4H3,(H,25,26)/b24-15+. The molecule has 0 atom stereocenters. The lowest BCUT2D eigenvalue weighted by Crippen LogP contribution is -2.15. The average Bonchev–Trinajstić information content (AvgIpc) is 2.69.